The summed E-state index contributed by atoms with van der Waals surface area (Å²) in [5.74, 6) is 6.69. The molecule has 3 aromatic rings. The highest BCUT2D eigenvalue weighted by atomic mass is 32.2. The molecule has 0 saturated heterocycles. The third-order valence-corrected chi connectivity index (χ3v) is 3.42. The molecule has 1 aromatic carbocycles. The van der Waals surface area contributed by atoms with E-state index in [9.17, 15) is 0 Å². The van der Waals surface area contributed by atoms with Crippen molar-refractivity contribution in [3.63, 3.8) is 0 Å². The van der Waals surface area contributed by atoms with Crippen molar-refractivity contribution in [1.29, 1.82) is 0 Å². The molecule has 0 aliphatic carbocycles. The minimum Gasteiger partial charge on any atom is -0.438 e. The number of nitrogens with one attached hydrogen (secondary N) is 2. The number of anilines is 1. The van der Waals surface area contributed by atoms with Gasteiger partial charge in [-0.3, -0.25) is 10.5 Å². The van der Waals surface area contributed by atoms with Crippen molar-refractivity contribution in [1.82, 2.24) is 20.2 Å². The van der Waals surface area contributed by atoms with E-state index in [1.807, 2.05) is 30.5 Å². The molecule has 8 heteroatoms. The number of nitrogens with two attached hydrogens (primary N) is 1. The van der Waals surface area contributed by atoms with Crippen LogP contribution in [-0.2, 0) is 0 Å². The first kappa shape index (κ1) is 12.7. The highest BCUT2D eigenvalue weighted by Gasteiger charge is 2.11. The Morgan fingerprint density at radius 3 is 2.75 bits per heavy atom. The fraction of sp³-hybridized carbons (Fsp3) is 0.0833. The van der Waals surface area contributed by atoms with Crippen LogP contribution in [0.15, 0.2) is 35.4 Å². The van der Waals surface area contributed by atoms with E-state index in [0.29, 0.717) is 22.7 Å². The van der Waals surface area contributed by atoms with Gasteiger partial charge in [0.15, 0.2) is 5.65 Å². The Morgan fingerprint density at radius 1 is 1.25 bits per heavy atom. The van der Waals surface area contributed by atoms with E-state index < -0.39 is 0 Å². The largest absolute Gasteiger partial charge is 0.438 e. The van der Waals surface area contributed by atoms with Crippen LogP contribution in [-0.4, -0.2) is 26.4 Å². The molecule has 2 aromatic heterocycles. The molecule has 0 aliphatic heterocycles. The lowest BCUT2D eigenvalue weighted by Crippen LogP contribution is -2.10. The summed E-state index contributed by atoms with van der Waals surface area (Å²) in [7, 11) is 0. The number of benzene rings is 1. The number of hydrogen-bond acceptors (Lipinski definition) is 7. The van der Waals surface area contributed by atoms with Gasteiger partial charge in [0.25, 0.3) is 0 Å². The van der Waals surface area contributed by atoms with E-state index in [1.54, 1.807) is 18.0 Å². The van der Waals surface area contributed by atoms with Crippen LogP contribution in [0.4, 0.5) is 5.95 Å². The molecule has 0 saturated carbocycles. The molecular weight excluding hydrogens is 276 g/mol. The zero-order chi connectivity index (χ0) is 13.9. The topological polar surface area (TPSA) is 102 Å². The Morgan fingerprint density at radius 2 is 2.05 bits per heavy atom. The number of hydrogen-bond donors (Lipinski definition) is 3. The lowest BCUT2D eigenvalue weighted by atomic mass is 10.3. The third kappa shape index (κ3) is 2.38. The number of hydrazine groups is 1. The molecule has 0 aliphatic rings. The molecular formula is C12H12N6OS. The van der Waals surface area contributed by atoms with E-state index in [1.165, 1.54) is 0 Å². The summed E-state index contributed by atoms with van der Waals surface area (Å²) >= 11 is 1.67. The first-order valence-electron chi connectivity index (χ1n) is 5.80. The van der Waals surface area contributed by atoms with Crippen LogP contribution >= 0.6 is 11.8 Å². The zero-order valence-corrected chi connectivity index (χ0v) is 11.4. The van der Waals surface area contributed by atoms with Crippen LogP contribution in [0.3, 0.4) is 0 Å². The van der Waals surface area contributed by atoms with Crippen molar-refractivity contribution >= 4 is 28.7 Å². The number of aromatic nitrogens is 4. The molecule has 0 fully saturated rings. The molecule has 3 rings (SSSR count). The van der Waals surface area contributed by atoms with Gasteiger partial charge in [-0.05, 0) is 30.5 Å². The zero-order valence-electron chi connectivity index (χ0n) is 10.6. The van der Waals surface area contributed by atoms with Gasteiger partial charge in [0.2, 0.25) is 11.8 Å². The molecule has 0 unspecified atom stereocenters. The predicted molar refractivity (Wildman–Crippen MR) is 77.8 cm³/mol. The molecule has 0 amide bonds. The second-order valence-corrected chi connectivity index (χ2v) is 4.79. The van der Waals surface area contributed by atoms with E-state index in [-0.39, 0.29) is 5.95 Å². The monoisotopic (exact) mass is 288 g/mol. The van der Waals surface area contributed by atoms with Gasteiger partial charge in [0, 0.05) is 4.90 Å². The number of ether oxygens (including phenoxy) is 1. The summed E-state index contributed by atoms with van der Waals surface area (Å²) < 4.78 is 5.78. The number of H-pyrrole nitrogens is 1. The summed E-state index contributed by atoms with van der Waals surface area (Å²) in [6, 6.07) is 7.73. The summed E-state index contributed by atoms with van der Waals surface area (Å²) in [5, 5.41) is 7.38. The maximum atomic E-state index is 5.78. The molecule has 102 valence electrons. The molecule has 20 heavy (non-hydrogen) atoms. The Labute approximate surface area is 118 Å². The second kappa shape index (κ2) is 5.35. The van der Waals surface area contributed by atoms with Gasteiger partial charge >= 0.3 is 0 Å². The van der Waals surface area contributed by atoms with Crippen LogP contribution in [0.2, 0.25) is 0 Å². The van der Waals surface area contributed by atoms with Gasteiger partial charge in [0.05, 0.1) is 6.20 Å². The van der Waals surface area contributed by atoms with Crippen LogP contribution in [0.1, 0.15) is 0 Å². The van der Waals surface area contributed by atoms with Crippen molar-refractivity contribution in [3.05, 3.63) is 30.5 Å². The molecule has 0 bridgehead atoms. The van der Waals surface area contributed by atoms with E-state index in [0.717, 1.165) is 4.90 Å². The highest BCUT2D eigenvalue weighted by Crippen LogP contribution is 2.28. The number of thioether (sulfide) groups is 1. The van der Waals surface area contributed by atoms with Gasteiger partial charge < -0.3 is 4.74 Å². The Balaban J connectivity index is 1.98. The Kier molecular flexibility index (Phi) is 3.40. The molecule has 0 spiro atoms. The maximum absolute atomic E-state index is 5.78. The molecule has 0 radical (unpaired) electrons. The summed E-state index contributed by atoms with van der Waals surface area (Å²) in [5.41, 5.74) is 2.96. The van der Waals surface area contributed by atoms with E-state index in [4.69, 9.17) is 10.6 Å². The van der Waals surface area contributed by atoms with Crippen molar-refractivity contribution in [2.45, 2.75) is 4.90 Å². The smallest absolute Gasteiger partial charge is 0.242 e. The Hall–Kier alpha value is -2.32. The van der Waals surface area contributed by atoms with E-state index >= 15 is 0 Å². The van der Waals surface area contributed by atoms with Gasteiger partial charge in [0.1, 0.15) is 11.1 Å². The van der Waals surface area contributed by atoms with Crippen molar-refractivity contribution in [2.75, 3.05) is 11.7 Å². The van der Waals surface area contributed by atoms with Crippen LogP contribution in [0.25, 0.3) is 11.0 Å². The third-order valence-electron chi connectivity index (χ3n) is 2.68. The average Bonchev–Trinajstić information content (AvgIpc) is 2.96. The van der Waals surface area contributed by atoms with Crippen molar-refractivity contribution in [3.8, 4) is 11.6 Å². The standard InChI is InChI=1S/C12H12N6OS/c1-20-8-4-2-7(3-5-8)19-11-9-6-14-18-10(9)15-12(16-11)17-13/h2-6H,13H2,1H3,(H2,14,15,16,17,18). The predicted octanol–water partition coefficient (Wildman–Crippen LogP) is 2.15. The number of nitrogen functional groups attached to an aromatic ring is 1. The van der Waals surface area contributed by atoms with Crippen LogP contribution in [0, 0.1) is 0 Å². The second-order valence-electron chi connectivity index (χ2n) is 3.91. The van der Waals surface area contributed by atoms with Crippen molar-refractivity contribution in [2.24, 2.45) is 5.84 Å². The molecule has 2 heterocycles. The van der Waals surface area contributed by atoms with Gasteiger partial charge in [-0.1, -0.05) is 0 Å². The average molecular weight is 288 g/mol. The number of rotatable bonds is 4. The van der Waals surface area contributed by atoms with Crippen LogP contribution < -0.4 is 16.0 Å². The van der Waals surface area contributed by atoms with Crippen molar-refractivity contribution < 1.29 is 4.74 Å². The lowest BCUT2D eigenvalue weighted by Gasteiger charge is -2.07. The lowest BCUT2D eigenvalue weighted by molar-refractivity contribution is 0.468. The quantitative estimate of drug-likeness (QED) is 0.384. The summed E-state index contributed by atoms with van der Waals surface area (Å²) in [6.07, 6.45) is 3.63. The minimum absolute atomic E-state index is 0.262. The van der Waals surface area contributed by atoms with Crippen LogP contribution in [0.5, 0.6) is 11.6 Å². The number of fused-ring (bicyclic) bond motifs is 1. The van der Waals surface area contributed by atoms with E-state index in [2.05, 4.69) is 25.6 Å². The normalized spacial score (nSPS) is 10.7. The maximum Gasteiger partial charge on any atom is 0.242 e. The van der Waals surface area contributed by atoms with Gasteiger partial charge in [-0.2, -0.15) is 15.1 Å². The first-order chi connectivity index (χ1) is 9.80. The molecule has 0 atom stereocenters. The van der Waals surface area contributed by atoms with Gasteiger partial charge in [-0.25, -0.2) is 5.84 Å². The first-order valence-corrected chi connectivity index (χ1v) is 7.02. The summed E-state index contributed by atoms with van der Waals surface area (Å²) in [4.78, 5) is 9.49. The molecule has 4 N–H and O–H groups in total. The van der Waals surface area contributed by atoms with Gasteiger partial charge in [-0.15, -0.1) is 11.8 Å². The highest BCUT2D eigenvalue weighted by molar-refractivity contribution is 7.98. The fourth-order valence-electron chi connectivity index (χ4n) is 1.71. The minimum atomic E-state index is 0.262. The molecule has 7 nitrogen and oxygen atoms in total. The SMILES string of the molecule is CSc1ccc(Oc2nc(NN)nc3[nH]ncc23)cc1. The summed E-state index contributed by atoms with van der Waals surface area (Å²) in [6.45, 7) is 0. The Bertz CT molecular complexity index is 726. The fourth-order valence-corrected chi connectivity index (χ4v) is 2.11. The number of nitrogens with zero attached hydrogens (tertiary/aromatic N) is 3. The number of aromatic amines is 1.